The predicted molar refractivity (Wildman–Crippen MR) is 113 cm³/mol. The highest BCUT2D eigenvalue weighted by Crippen LogP contribution is 2.20. The molecule has 1 saturated heterocycles. The fourth-order valence-corrected chi connectivity index (χ4v) is 4.59. The number of nitrogens with zero attached hydrogens (tertiary/aromatic N) is 1. The number of carbonyl (C=O) groups excluding carboxylic acids is 1. The average Bonchev–Trinajstić information content (AvgIpc) is 2.73. The molecule has 7 nitrogen and oxygen atoms in total. The van der Waals surface area contributed by atoms with E-state index in [-0.39, 0.29) is 23.4 Å². The van der Waals surface area contributed by atoms with Gasteiger partial charge in [0.2, 0.25) is 15.9 Å². The van der Waals surface area contributed by atoms with E-state index in [4.69, 9.17) is 16.3 Å². The number of anilines is 1. The van der Waals surface area contributed by atoms with Crippen LogP contribution in [0.5, 0.6) is 0 Å². The van der Waals surface area contributed by atoms with Crippen molar-refractivity contribution < 1.29 is 17.9 Å². The quantitative estimate of drug-likeness (QED) is 0.695. The van der Waals surface area contributed by atoms with Gasteiger partial charge in [-0.15, -0.1) is 0 Å². The number of amides is 1. The molecule has 156 valence electrons. The van der Waals surface area contributed by atoms with E-state index in [1.807, 2.05) is 19.1 Å². The molecule has 3 rings (SSSR count). The molecule has 0 aliphatic carbocycles. The summed E-state index contributed by atoms with van der Waals surface area (Å²) in [7, 11) is -3.58. The Labute approximate surface area is 176 Å². The molecule has 1 aliphatic rings. The summed E-state index contributed by atoms with van der Waals surface area (Å²) in [6, 6.07) is 13.6. The number of hydrogen-bond acceptors (Lipinski definition) is 5. The largest absolute Gasteiger partial charge is 0.379 e. The van der Waals surface area contributed by atoms with Crippen LogP contribution in [0.2, 0.25) is 5.02 Å². The summed E-state index contributed by atoms with van der Waals surface area (Å²) in [6.45, 7) is 3.37. The van der Waals surface area contributed by atoms with Crippen molar-refractivity contribution in [2.75, 3.05) is 38.2 Å². The van der Waals surface area contributed by atoms with Gasteiger partial charge in [-0.3, -0.25) is 4.79 Å². The van der Waals surface area contributed by atoms with Crippen LogP contribution in [-0.4, -0.2) is 51.5 Å². The van der Waals surface area contributed by atoms with Crippen LogP contribution in [0.15, 0.2) is 53.4 Å². The smallest absolute Gasteiger partial charge is 0.243 e. The van der Waals surface area contributed by atoms with Crippen molar-refractivity contribution in [3.05, 3.63) is 59.1 Å². The zero-order valence-corrected chi connectivity index (χ0v) is 17.7. The van der Waals surface area contributed by atoms with Gasteiger partial charge in [0.1, 0.15) is 0 Å². The first-order valence-electron chi connectivity index (χ1n) is 9.33. The zero-order chi connectivity index (χ0) is 20.9. The van der Waals surface area contributed by atoms with Gasteiger partial charge in [0.05, 0.1) is 30.7 Å². The predicted octanol–water partition coefficient (Wildman–Crippen LogP) is 2.65. The van der Waals surface area contributed by atoms with Gasteiger partial charge in [0, 0.05) is 23.8 Å². The third-order valence-corrected chi connectivity index (χ3v) is 6.79. The van der Waals surface area contributed by atoms with E-state index in [0.29, 0.717) is 37.0 Å². The summed E-state index contributed by atoms with van der Waals surface area (Å²) in [5.74, 6) is -0.200. The Balaban J connectivity index is 1.58. The van der Waals surface area contributed by atoms with Crippen molar-refractivity contribution in [3.8, 4) is 0 Å². The number of sulfonamides is 1. The number of ether oxygens (including phenoxy) is 1. The third kappa shape index (κ3) is 5.70. The minimum atomic E-state index is -3.58. The zero-order valence-electron chi connectivity index (χ0n) is 16.1. The second kappa shape index (κ2) is 9.58. The maximum Gasteiger partial charge on any atom is 0.243 e. The Morgan fingerprint density at radius 3 is 2.55 bits per heavy atom. The van der Waals surface area contributed by atoms with Crippen molar-refractivity contribution in [2.24, 2.45) is 0 Å². The Bertz CT molecular complexity index is 944. The topological polar surface area (TPSA) is 87.7 Å². The maximum atomic E-state index is 12.8. The molecule has 29 heavy (non-hydrogen) atoms. The summed E-state index contributed by atoms with van der Waals surface area (Å²) in [4.78, 5) is 12.5. The highest BCUT2D eigenvalue weighted by atomic mass is 35.5. The number of nitrogens with one attached hydrogen (secondary N) is 2. The van der Waals surface area contributed by atoms with E-state index >= 15 is 0 Å². The van der Waals surface area contributed by atoms with E-state index in [2.05, 4.69) is 10.6 Å². The van der Waals surface area contributed by atoms with Crippen LogP contribution in [0.1, 0.15) is 18.5 Å². The van der Waals surface area contributed by atoms with Crippen LogP contribution in [0.3, 0.4) is 0 Å². The molecule has 0 saturated carbocycles. The Kier molecular flexibility index (Phi) is 7.13. The summed E-state index contributed by atoms with van der Waals surface area (Å²) in [5, 5.41) is 6.52. The van der Waals surface area contributed by atoms with Crippen LogP contribution >= 0.6 is 11.6 Å². The minimum Gasteiger partial charge on any atom is -0.379 e. The Morgan fingerprint density at radius 1 is 1.17 bits per heavy atom. The number of morpholine rings is 1. The van der Waals surface area contributed by atoms with Gasteiger partial charge < -0.3 is 15.4 Å². The monoisotopic (exact) mass is 437 g/mol. The van der Waals surface area contributed by atoms with Crippen LogP contribution in [0.4, 0.5) is 5.69 Å². The molecular formula is C20H24ClN3O4S. The molecule has 2 aromatic rings. The Hall–Kier alpha value is -2.13. The molecule has 0 spiro atoms. The second-order valence-corrected chi connectivity index (χ2v) is 9.11. The van der Waals surface area contributed by atoms with Gasteiger partial charge in [-0.05, 0) is 42.8 Å². The molecule has 9 heteroatoms. The maximum absolute atomic E-state index is 12.8. The lowest BCUT2D eigenvalue weighted by Gasteiger charge is -2.26. The molecule has 0 aromatic heterocycles. The standard InChI is InChI=1S/C20H24ClN3O4S/c1-15(16-5-7-17(21)8-6-16)23-20(25)14-22-18-3-2-4-19(13-18)29(26,27)24-9-11-28-12-10-24/h2-8,13,15,22H,9-12,14H2,1H3,(H,23,25). The van der Waals surface area contributed by atoms with Crippen molar-refractivity contribution in [1.82, 2.24) is 9.62 Å². The van der Waals surface area contributed by atoms with E-state index in [9.17, 15) is 13.2 Å². The lowest BCUT2D eigenvalue weighted by atomic mass is 10.1. The SMILES string of the molecule is CC(NC(=O)CNc1cccc(S(=O)(=O)N2CCOCC2)c1)c1ccc(Cl)cc1. The molecule has 2 aromatic carbocycles. The fraction of sp³-hybridized carbons (Fsp3) is 0.350. The van der Waals surface area contributed by atoms with Gasteiger partial charge in [-0.25, -0.2) is 8.42 Å². The number of halogens is 1. The minimum absolute atomic E-state index is 0.0268. The number of hydrogen-bond donors (Lipinski definition) is 2. The van der Waals surface area contributed by atoms with Gasteiger partial charge in [0.15, 0.2) is 0 Å². The fourth-order valence-electron chi connectivity index (χ4n) is 3.01. The molecule has 0 radical (unpaired) electrons. The summed E-state index contributed by atoms with van der Waals surface area (Å²) in [5.41, 5.74) is 1.51. The summed E-state index contributed by atoms with van der Waals surface area (Å²) >= 11 is 5.88. The highest BCUT2D eigenvalue weighted by Gasteiger charge is 2.26. The van der Waals surface area contributed by atoms with Crippen molar-refractivity contribution in [3.63, 3.8) is 0 Å². The van der Waals surface area contributed by atoms with Crippen LogP contribution in [0, 0.1) is 0 Å². The molecule has 0 bridgehead atoms. The summed E-state index contributed by atoms with van der Waals surface area (Å²) in [6.07, 6.45) is 0. The van der Waals surface area contributed by atoms with Gasteiger partial charge in [0.25, 0.3) is 0 Å². The Morgan fingerprint density at radius 2 is 1.86 bits per heavy atom. The lowest BCUT2D eigenvalue weighted by Crippen LogP contribution is -2.40. The van der Waals surface area contributed by atoms with Crippen LogP contribution < -0.4 is 10.6 Å². The average molecular weight is 438 g/mol. The van der Waals surface area contributed by atoms with Crippen molar-refractivity contribution in [2.45, 2.75) is 17.9 Å². The van der Waals surface area contributed by atoms with Crippen molar-refractivity contribution >= 4 is 33.2 Å². The van der Waals surface area contributed by atoms with Crippen LogP contribution in [0.25, 0.3) is 0 Å². The number of benzene rings is 2. The number of carbonyl (C=O) groups is 1. The molecule has 1 atom stereocenters. The van der Waals surface area contributed by atoms with E-state index in [1.165, 1.54) is 4.31 Å². The second-order valence-electron chi connectivity index (χ2n) is 6.74. The normalized spacial score (nSPS) is 16.2. The molecule has 1 amide bonds. The first-order chi connectivity index (χ1) is 13.9. The molecule has 1 heterocycles. The van der Waals surface area contributed by atoms with Gasteiger partial charge >= 0.3 is 0 Å². The first-order valence-corrected chi connectivity index (χ1v) is 11.1. The molecule has 1 fully saturated rings. The van der Waals surface area contributed by atoms with E-state index in [1.54, 1.807) is 36.4 Å². The first kappa shape index (κ1) is 21.6. The van der Waals surface area contributed by atoms with Gasteiger partial charge in [-0.1, -0.05) is 29.8 Å². The highest BCUT2D eigenvalue weighted by molar-refractivity contribution is 7.89. The van der Waals surface area contributed by atoms with Crippen LogP contribution in [-0.2, 0) is 19.6 Å². The summed E-state index contributed by atoms with van der Waals surface area (Å²) < 4.78 is 32.1. The number of rotatable bonds is 7. The van der Waals surface area contributed by atoms with Gasteiger partial charge in [-0.2, -0.15) is 4.31 Å². The molecule has 1 unspecified atom stereocenters. The van der Waals surface area contributed by atoms with E-state index in [0.717, 1.165) is 5.56 Å². The van der Waals surface area contributed by atoms with E-state index < -0.39 is 10.0 Å². The van der Waals surface area contributed by atoms with Crippen molar-refractivity contribution in [1.29, 1.82) is 0 Å². The lowest BCUT2D eigenvalue weighted by molar-refractivity contribution is -0.120. The molecule has 2 N–H and O–H groups in total. The molecular weight excluding hydrogens is 414 g/mol. The third-order valence-electron chi connectivity index (χ3n) is 4.64. The molecule has 1 aliphatic heterocycles.